The number of aryl methyl sites for hydroxylation is 1. The van der Waals surface area contributed by atoms with Crippen LogP contribution in [0.1, 0.15) is 20.3 Å². The fourth-order valence-electron chi connectivity index (χ4n) is 1.75. The molecule has 1 aromatic heterocycles. The second-order valence-electron chi connectivity index (χ2n) is 4.39. The van der Waals surface area contributed by atoms with E-state index in [0.717, 1.165) is 12.2 Å². The SMILES string of the molecule is CCOC(CN)CCn1ncc(N(C)CC)cc1=O. The number of hydrogen-bond acceptors (Lipinski definition) is 5. The Balaban J connectivity index is 2.67. The predicted molar refractivity (Wildman–Crippen MR) is 76.5 cm³/mol. The number of hydrogen-bond donors (Lipinski definition) is 1. The van der Waals surface area contributed by atoms with Crippen LogP contribution in [-0.2, 0) is 11.3 Å². The Morgan fingerprint density at radius 3 is 2.79 bits per heavy atom. The summed E-state index contributed by atoms with van der Waals surface area (Å²) in [5.41, 5.74) is 6.35. The highest BCUT2D eigenvalue weighted by molar-refractivity contribution is 5.41. The Hall–Kier alpha value is -1.40. The summed E-state index contributed by atoms with van der Waals surface area (Å²) >= 11 is 0. The number of nitrogens with zero attached hydrogens (tertiary/aromatic N) is 3. The lowest BCUT2D eigenvalue weighted by molar-refractivity contribution is 0.0589. The van der Waals surface area contributed by atoms with E-state index in [4.69, 9.17) is 10.5 Å². The zero-order valence-electron chi connectivity index (χ0n) is 12.0. The first-order valence-electron chi connectivity index (χ1n) is 6.72. The van der Waals surface area contributed by atoms with Gasteiger partial charge in [0.15, 0.2) is 0 Å². The van der Waals surface area contributed by atoms with Crippen LogP contribution in [0.15, 0.2) is 17.1 Å². The van der Waals surface area contributed by atoms with E-state index in [1.807, 2.05) is 25.8 Å². The van der Waals surface area contributed by atoms with Crippen LogP contribution in [-0.4, -0.2) is 42.6 Å². The first kappa shape index (κ1) is 15.7. The molecule has 0 aromatic carbocycles. The molecule has 6 heteroatoms. The van der Waals surface area contributed by atoms with Crippen molar-refractivity contribution in [2.75, 3.05) is 31.6 Å². The van der Waals surface area contributed by atoms with Gasteiger partial charge in [-0.2, -0.15) is 5.10 Å². The molecule has 0 spiro atoms. The molecule has 1 unspecified atom stereocenters. The fraction of sp³-hybridized carbons (Fsp3) is 0.692. The monoisotopic (exact) mass is 268 g/mol. The maximum Gasteiger partial charge on any atom is 0.268 e. The minimum Gasteiger partial charge on any atom is -0.377 e. The third-order valence-corrected chi connectivity index (χ3v) is 3.10. The lowest BCUT2D eigenvalue weighted by Crippen LogP contribution is -2.30. The Morgan fingerprint density at radius 1 is 1.53 bits per heavy atom. The minimum absolute atomic E-state index is 0.0170. The van der Waals surface area contributed by atoms with Crippen molar-refractivity contribution in [2.45, 2.75) is 32.9 Å². The van der Waals surface area contributed by atoms with Crippen molar-refractivity contribution in [3.63, 3.8) is 0 Å². The van der Waals surface area contributed by atoms with Crippen molar-refractivity contribution < 1.29 is 4.74 Å². The summed E-state index contributed by atoms with van der Waals surface area (Å²) in [6.07, 6.45) is 2.39. The second kappa shape index (κ2) is 7.91. The zero-order chi connectivity index (χ0) is 14.3. The largest absolute Gasteiger partial charge is 0.377 e. The number of ether oxygens (including phenoxy) is 1. The van der Waals surface area contributed by atoms with E-state index in [9.17, 15) is 4.79 Å². The lowest BCUT2D eigenvalue weighted by atomic mass is 10.2. The van der Waals surface area contributed by atoms with Gasteiger partial charge in [0, 0.05) is 39.4 Å². The Labute approximate surface area is 114 Å². The van der Waals surface area contributed by atoms with E-state index in [1.165, 1.54) is 4.68 Å². The molecule has 108 valence electrons. The molecule has 0 aliphatic rings. The molecule has 0 radical (unpaired) electrons. The van der Waals surface area contributed by atoms with Gasteiger partial charge in [-0.3, -0.25) is 4.79 Å². The lowest BCUT2D eigenvalue weighted by Gasteiger charge is -2.17. The Morgan fingerprint density at radius 2 is 2.26 bits per heavy atom. The van der Waals surface area contributed by atoms with E-state index in [0.29, 0.717) is 26.1 Å². The number of rotatable bonds is 8. The zero-order valence-corrected chi connectivity index (χ0v) is 12.0. The minimum atomic E-state index is -0.0925. The van der Waals surface area contributed by atoms with Crippen molar-refractivity contribution in [3.8, 4) is 0 Å². The van der Waals surface area contributed by atoms with Crippen molar-refractivity contribution in [3.05, 3.63) is 22.6 Å². The van der Waals surface area contributed by atoms with E-state index >= 15 is 0 Å². The van der Waals surface area contributed by atoms with Crippen LogP contribution in [0.4, 0.5) is 5.69 Å². The summed E-state index contributed by atoms with van der Waals surface area (Å²) in [6.45, 7) is 6.41. The van der Waals surface area contributed by atoms with E-state index < -0.39 is 0 Å². The maximum atomic E-state index is 11.9. The van der Waals surface area contributed by atoms with E-state index in [1.54, 1.807) is 12.3 Å². The molecule has 0 fully saturated rings. The first-order valence-corrected chi connectivity index (χ1v) is 6.72. The molecule has 0 saturated heterocycles. The molecule has 6 nitrogen and oxygen atoms in total. The van der Waals surface area contributed by atoms with Crippen molar-refractivity contribution in [2.24, 2.45) is 5.73 Å². The van der Waals surface area contributed by atoms with Crippen molar-refractivity contribution in [1.82, 2.24) is 9.78 Å². The topological polar surface area (TPSA) is 73.4 Å². The number of anilines is 1. The van der Waals surface area contributed by atoms with E-state index in [2.05, 4.69) is 5.10 Å². The smallest absolute Gasteiger partial charge is 0.268 e. The van der Waals surface area contributed by atoms with Gasteiger partial charge >= 0.3 is 0 Å². The van der Waals surface area contributed by atoms with Gasteiger partial charge in [0.2, 0.25) is 0 Å². The van der Waals surface area contributed by atoms with Crippen LogP contribution >= 0.6 is 0 Å². The standard InChI is InChI=1S/C13H24N4O2/c1-4-16(3)11-8-13(18)17(15-10-11)7-6-12(9-14)19-5-2/h8,10,12H,4-7,9,14H2,1-3H3. The summed E-state index contributed by atoms with van der Waals surface area (Å²) in [6, 6.07) is 1.61. The number of aromatic nitrogens is 2. The van der Waals surface area contributed by atoms with Crippen molar-refractivity contribution in [1.29, 1.82) is 0 Å². The summed E-state index contributed by atoms with van der Waals surface area (Å²) < 4.78 is 6.91. The van der Waals surface area contributed by atoms with Gasteiger partial charge in [-0.05, 0) is 20.3 Å². The van der Waals surface area contributed by atoms with Crippen LogP contribution in [0.2, 0.25) is 0 Å². The predicted octanol–water partition coefficient (Wildman–Crippen LogP) is 0.453. The molecule has 0 bridgehead atoms. The normalized spacial score (nSPS) is 12.4. The molecule has 0 aliphatic heterocycles. The molecule has 19 heavy (non-hydrogen) atoms. The third-order valence-electron chi connectivity index (χ3n) is 3.10. The fourth-order valence-corrected chi connectivity index (χ4v) is 1.75. The average molecular weight is 268 g/mol. The molecule has 1 aromatic rings. The highest BCUT2D eigenvalue weighted by Crippen LogP contribution is 2.06. The maximum absolute atomic E-state index is 11.9. The summed E-state index contributed by atoms with van der Waals surface area (Å²) in [5.74, 6) is 0. The van der Waals surface area contributed by atoms with Gasteiger partial charge < -0.3 is 15.4 Å². The Bertz CT molecular complexity index is 433. The molecule has 0 saturated carbocycles. The van der Waals surface area contributed by atoms with Crippen LogP contribution in [0.25, 0.3) is 0 Å². The van der Waals surface area contributed by atoms with Gasteiger partial charge in [-0.15, -0.1) is 0 Å². The van der Waals surface area contributed by atoms with Gasteiger partial charge in [-0.25, -0.2) is 4.68 Å². The Kier molecular flexibility index (Phi) is 6.52. The van der Waals surface area contributed by atoms with Gasteiger partial charge in [0.1, 0.15) is 0 Å². The van der Waals surface area contributed by atoms with Crippen LogP contribution in [0.5, 0.6) is 0 Å². The molecule has 2 N–H and O–H groups in total. The molecule has 0 amide bonds. The first-order chi connectivity index (χ1) is 9.12. The molecule has 1 rings (SSSR count). The highest BCUT2D eigenvalue weighted by Gasteiger charge is 2.08. The average Bonchev–Trinajstić information content (AvgIpc) is 2.43. The molecular weight excluding hydrogens is 244 g/mol. The third kappa shape index (κ3) is 4.65. The highest BCUT2D eigenvalue weighted by atomic mass is 16.5. The summed E-state index contributed by atoms with van der Waals surface area (Å²) in [5, 5.41) is 4.18. The second-order valence-corrected chi connectivity index (χ2v) is 4.39. The van der Waals surface area contributed by atoms with Gasteiger partial charge in [-0.1, -0.05) is 0 Å². The van der Waals surface area contributed by atoms with Crippen LogP contribution in [0.3, 0.4) is 0 Å². The summed E-state index contributed by atoms with van der Waals surface area (Å²) in [7, 11) is 1.93. The molecule has 0 aliphatic carbocycles. The molecular formula is C13H24N4O2. The van der Waals surface area contributed by atoms with E-state index in [-0.39, 0.29) is 11.7 Å². The van der Waals surface area contributed by atoms with Crippen LogP contribution < -0.4 is 16.2 Å². The van der Waals surface area contributed by atoms with Gasteiger partial charge in [0.05, 0.1) is 18.0 Å². The summed E-state index contributed by atoms with van der Waals surface area (Å²) in [4.78, 5) is 13.9. The van der Waals surface area contributed by atoms with Crippen molar-refractivity contribution >= 4 is 5.69 Å². The van der Waals surface area contributed by atoms with Gasteiger partial charge in [0.25, 0.3) is 5.56 Å². The molecule has 1 atom stereocenters. The van der Waals surface area contributed by atoms with Crippen LogP contribution in [0, 0.1) is 0 Å². The number of nitrogens with two attached hydrogens (primary N) is 1. The quantitative estimate of drug-likeness (QED) is 0.741. The molecule has 1 heterocycles.